The molecule has 2 aromatic rings. The van der Waals surface area contributed by atoms with Crippen molar-refractivity contribution in [3.05, 3.63) is 23.6 Å². The molecule has 98 valence electrons. The van der Waals surface area contributed by atoms with E-state index in [1.54, 1.807) is 4.68 Å². The van der Waals surface area contributed by atoms with Gasteiger partial charge in [-0.1, -0.05) is 39.6 Å². The van der Waals surface area contributed by atoms with E-state index in [-0.39, 0.29) is 0 Å². The Hall–Kier alpha value is -1.24. The van der Waals surface area contributed by atoms with Crippen LogP contribution in [0.25, 0.3) is 0 Å². The lowest BCUT2D eigenvalue weighted by atomic mass is 10.2. The number of halogens is 1. The summed E-state index contributed by atoms with van der Waals surface area (Å²) in [7, 11) is 0. The molecule has 0 atom stereocenters. The van der Waals surface area contributed by atoms with Gasteiger partial charge in [0.25, 0.3) is 0 Å². The minimum atomic E-state index is 0.481. The average molecular weight is 314 g/mol. The molecule has 0 aliphatic carbocycles. The lowest BCUT2D eigenvalue weighted by molar-refractivity contribution is 0.359. The summed E-state index contributed by atoms with van der Waals surface area (Å²) in [6.07, 6.45) is 5.84. The molecule has 0 aliphatic heterocycles. The molecule has 2 rings (SSSR count). The summed E-state index contributed by atoms with van der Waals surface area (Å²) < 4.78 is 6.89. The van der Waals surface area contributed by atoms with Gasteiger partial charge in [-0.15, -0.1) is 5.10 Å². The molecule has 2 aromatic heterocycles. The molecule has 0 spiro atoms. The van der Waals surface area contributed by atoms with Crippen molar-refractivity contribution < 1.29 is 4.52 Å². The van der Waals surface area contributed by atoms with Gasteiger partial charge in [-0.25, -0.2) is 4.68 Å². The van der Waals surface area contributed by atoms with Gasteiger partial charge >= 0.3 is 0 Å². The van der Waals surface area contributed by atoms with Crippen LogP contribution in [0.1, 0.15) is 37.2 Å². The first-order valence-electron chi connectivity index (χ1n) is 6.08. The molecule has 0 unspecified atom stereocenters. The molecule has 0 aromatic carbocycles. The smallest absolute Gasteiger partial charge is 0.248 e. The maximum Gasteiger partial charge on any atom is 0.248 e. The van der Waals surface area contributed by atoms with Crippen LogP contribution in [0.2, 0.25) is 0 Å². The Labute approximate surface area is 114 Å². The maximum absolute atomic E-state index is 5.18. The van der Waals surface area contributed by atoms with Crippen LogP contribution in [-0.4, -0.2) is 30.5 Å². The van der Waals surface area contributed by atoms with Crippen LogP contribution in [0.5, 0.6) is 0 Å². The van der Waals surface area contributed by atoms with Gasteiger partial charge in [0, 0.05) is 24.4 Å². The van der Waals surface area contributed by atoms with E-state index in [9.17, 15) is 0 Å². The van der Waals surface area contributed by atoms with Crippen LogP contribution in [-0.2, 0) is 19.4 Å². The SMILES string of the molecule is CCCCc1noc(Cn2cc(CCBr)nn2)n1. The summed E-state index contributed by atoms with van der Waals surface area (Å²) >= 11 is 3.37. The molecule has 0 N–H and O–H groups in total. The molecule has 0 aliphatic rings. The minimum absolute atomic E-state index is 0.481. The van der Waals surface area contributed by atoms with E-state index in [0.717, 1.165) is 42.5 Å². The Bertz CT molecular complexity index is 481. The van der Waals surface area contributed by atoms with Gasteiger partial charge in [-0.05, 0) is 6.42 Å². The highest BCUT2D eigenvalue weighted by Crippen LogP contribution is 2.04. The molecular formula is C11H16BrN5O. The first-order valence-corrected chi connectivity index (χ1v) is 7.20. The highest BCUT2D eigenvalue weighted by molar-refractivity contribution is 9.09. The number of hydrogen-bond acceptors (Lipinski definition) is 5. The van der Waals surface area contributed by atoms with Crippen LogP contribution < -0.4 is 0 Å². The highest BCUT2D eigenvalue weighted by atomic mass is 79.9. The monoisotopic (exact) mass is 313 g/mol. The lowest BCUT2D eigenvalue weighted by Crippen LogP contribution is -2.01. The van der Waals surface area contributed by atoms with Crippen molar-refractivity contribution in [3.8, 4) is 0 Å². The number of alkyl halides is 1. The van der Waals surface area contributed by atoms with E-state index >= 15 is 0 Å². The van der Waals surface area contributed by atoms with E-state index in [1.165, 1.54) is 0 Å². The van der Waals surface area contributed by atoms with E-state index in [2.05, 4.69) is 43.3 Å². The van der Waals surface area contributed by atoms with Gasteiger partial charge < -0.3 is 4.52 Å². The summed E-state index contributed by atoms with van der Waals surface area (Å²) in [5, 5.41) is 12.9. The standard InChI is InChI=1S/C11H16BrN5O/c1-2-3-4-10-13-11(18-15-10)8-17-7-9(5-6-12)14-16-17/h7H,2-6,8H2,1H3. The topological polar surface area (TPSA) is 69.6 Å². The van der Waals surface area contributed by atoms with Gasteiger partial charge in [-0.2, -0.15) is 4.98 Å². The fourth-order valence-corrected chi connectivity index (χ4v) is 1.96. The second-order valence-corrected chi connectivity index (χ2v) is 4.85. The van der Waals surface area contributed by atoms with E-state index in [4.69, 9.17) is 4.52 Å². The Balaban J connectivity index is 1.93. The predicted octanol–water partition coefficient (Wildman–Crippen LogP) is 1.99. The molecule has 0 amide bonds. The van der Waals surface area contributed by atoms with Gasteiger partial charge in [-0.3, -0.25) is 0 Å². The third-order valence-electron chi connectivity index (χ3n) is 2.50. The van der Waals surface area contributed by atoms with Crippen molar-refractivity contribution in [2.75, 3.05) is 5.33 Å². The molecule has 0 bridgehead atoms. The zero-order chi connectivity index (χ0) is 12.8. The second kappa shape index (κ2) is 6.63. The van der Waals surface area contributed by atoms with Gasteiger partial charge in [0.1, 0.15) is 6.54 Å². The zero-order valence-corrected chi connectivity index (χ0v) is 11.9. The summed E-state index contributed by atoms with van der Waals surface area (Å²) in [4.78, 5) is 4.32. The minimum Gasteiger partial charge on any atom is -0.337 e. The molecule has 0 fully saturated rings. The van der Waals surface area contributed by atoms with Crippen LogP contribution in [0.4, 0.5) is 0 Å². The van der Waals surface area contributed by atoms with Crippen molar-refractivity contribution in [2.24, 2.45) is 0 Å². The molecule has 0 radical (unpaired) electrons. The Kier molecular flexibility index (Phi) is 4.86. The van der Waals surface area contributed by atoms with Gasteiger partial charge in [0.15, 0.2) is 5.82 Å². The van der Waals surface area contributed by atoms with Gasteiger partial charge in [0.2, 0.25) is 5.89 Å². The zero-order valence-electron chi connectivity index (χ0n) is 10.3. The third kappa shape index (κ3) is 3.63. The number of aryl methyl sites for hydroxylation is 2. The van der Waals surface area contributed by atoms with E-state index in [0.29, 0.717) is 12.4 Å². The molecule has 18 heavy (non-hydrogen) atoms. The second-order valence-electron chi connectivity index (χ2n) is 4.05. The number of aromatic nitrogens is 5. The fraction of sp³-hybridized carbons (Fsp3) is 0.636. The Morgan fingerprint density at radius 3 is 3.06 bits per heavy atom. The maximum atomic E-state index is 5.18. The molecule has 2 heterocycles. The molecular weight excluding hydrogens is 298 g/mol. The van der Waals surface area contributed by atoms with Crippen LogP contribution in [0.3, 0.4) is 0 Å². The highest BCUT2D eigenvalue weighted by Gasteiger charge is 2.08. The van der Waals surface area contributed by atoms with Crippen molar-refractivity contribution in [3.63, 3.8) is 0 Å². The summed E-state index contributed by atoms with van der Waals surface area (Å²) in [6, 6.07) is 0. The Morgan fingerprint density at radius 1 is 1.39 bits per heavy atom. The van der Waals surface area contributed by atoms with Crippen LogP contribution >= 0.6 is 15.9 Å². The lowest BCUT2D eigenvalue weighted by Gasteiger charge is -1.92. The van der Waals surface area contributed by atoms with Crippen molar-refractivity contribution in [1.82, 2.24) is 25.1 Å². The van der Waals surface area contributed by atoms with Crippen LogP contribution in [0, 0.1) is 0 Å². The third-order valence-corrected chi connectivity index (χ3v) is 2.89. The first-order chi connectivity index (χ1) is 8.81. The summed E-state index contributed by atoms with van der Waals surface area (Å²) in [5.74, 6) is 1.35. The quantitative estimate of drug-likeness (QED) is 0.731. The number of nitrogens with zero attached hydrogens (tertiary/aromatic N) is 5. The van der Waals surface area contributed by atoms with Crippen molar-refractivity contribution >= 4 is 15.9 Å². The normalized spacial score (nSPS) is 11.0. The predicted molar refractivity (Wildman–Crippen MR) is 69.5 cm³/mol. The summed E-state index contributed by atoms with van der Waals surface area (Å²) in [6.45, 7) is 2.62. The van der Waals surface area contributed by atoms with E-state index in [1.807, 2.05) is 6.20 Å². The Morgan fingerprint density at radius 2 is 2.28 bits per heavy atom. The van der Waals surface area contributed by atoms with Crippen molar-refractivity contribution in [1.29, 1.82) is 0 Å². The molecule has 6 nitrogen and oxygen atoms in total. The average Bonchev–Trinajstić information content (AvgIpc) is 2.98. The fourth-order valence-electron chi connectivity index (χ4n) is 1.56. The number of hydrogen-bond donors (Lipinski definition) is 0. The number of rotatable bonds is 7. The van der Waals surface area contributed by atoms with Gasteiger partial charge in [0.05, 0.1) is 5.69 Å². The summed E-state index contributed by atoms with van der Waals surface area (Å²) in [5.41, 5.74) is 0.956. The number of unbranched alkanes of at least 4 members (excludes halogenated alkanes) is 1. The van der Waals surface area contributed by atoms with Crippen molar-refractivity contribution in [2.45, 2.75) is 39.2 Å². The first kappa shape index (κ1) is 13.2. The molecule has 0 saturated heterocycles. The largest absolute Gasteiger partial charge is 0.337 e. The van der Waals surface area contributed by atoms with Crippen LogP contribution in [0.15, 0.2) is 10.7 Å². The molecule has 0 saturated carbocycles. The van der Waals surface area contributed by atoms with E-state index < -0.39 is 0 Å². The molecule has 7 heteroatoms.